The minimum atomic E-state index is -0.805. The molecule has 2 unspecified atom stereocenters. The van der Waals surface area contributed by atoms with Crippen LogP contribution in [0.15, 0.2) is 29.5 Å². The van der Waals surface area contributed by atoms with Crippen molar-refractivity contribution in [1.82, 2.24) is 20.6 Å². The highest BCUT2D eigenvalue weighted by Crippen LogP contribution is 2.31. The summed E-state index contributed by atoms with van der Waals surface area (Å²) < 4.78 is 13.7. The van der Waals surface area contributed by atoms with E-state index in [4.69, 9.17) is 21.6 Å². The van der Waals surface area contributed by atoms with Gasteiger partial charge in [0, 0.05) is 49.9 Å². The van der Waals surface area contributed by atoms with E-state index in [1.807, 2.05) is 36.5 Å². The molecular weight excluding hydrogens is 391 g/mol. The van der Waals surface area contributed by atoms with Crippen molar-refractivity contribution < 1.29 is 4.39 Å². The van der Waals surface area contributed by atoms with Crippen molar-refractivity contribution >= 4 is 40.2 Å². The average Bonchev–Trinajstić information content (AvgIpc) is 3.18. The number of hydrogen-bond donors (Lipinski definition) is 2. The second-order valence-corrected chi connectivity index (χ2v) is 7.92. The Balaban J connectivity index is 1.73. The van der Waals surface area contributed by atoms with Gasteiger partial charge >= 0.3 is 0 Å². The molecule has 0 spiro atoms. The molecule has 29 heavy (non-hydrogen) atoms. The Hall–Kier alpha value is -2.25. The summed E-state index contributed by atoms with van der Waals surface area (Å²) in [4.78, 5) is 16.0. The largest absolute Gasteiger partial charge is 0.393 e. The minimum Gasteiger partial charge on any atom is -0.393 e. The zero-order chi connectivity index (χ0) is 20.2. The van der Waals surface area contributed by atoms with E-state index >= 15 is 0 Å². The molecule has 0 amide bonds. The highest BCUT2D eigenvalue weighted by Gasteiger charge is 2.24. The summed E-state index contributed by atoms with van der Waals surface area (Å²) in [5, 5.41) is 6.98. The van der Waals surface area contributed by atoms with Crippen LogP contribution < -0.4 is 15.5 Å². The van der Waals surface area contributed by atoms with E-state index in [0.717, 1.165) is 48.4 Å². The van der Waals surface area contributed by atoms with Crippen LogP contribution in [-0.4, -0.2) is 61.6 Å². The van der Waals surface area contributed by atoms with Crippen LogP contribution in [-0.2, 0) is 0 Å². The molecule has 0 saturated carbocycles. The number of allylic oxidation sites excluding steroid dienone is 1. The minimum absolute atomic E-state index is 0.255. The van der Waals surface area contributed by atoms with E-state index < -0.39 is 6.17 Å². The second-order valence-electron chi connectivity index (χ2n) is 7.52. The third-order valence-electron chi connectivity index (χ3n) is 5.39. The van der Waals surface area contributed by atoms with Crippen molar-refractivity contribution in [3.63, 3.8) is 0 Å². The number of fused-ring (bicyclic) bond motifs is 1. The lowest BCUT2D eigenvalue weighted by Gasteiger charge is -2.19. The summed E-state index contributed by atoms with van der Waals surface area (Å²) in [6.07, 6.45) is 7.32. The molecular formula is C21H26ClFN6. The van der Waals surface area contributed by atoms with E-state index in [9.17, 15) is 4.39 Å². The number of hydrogen-bond acceptors (Lipinski definition) is 6. The molecule has 2 N–H and O–H groups in total. The van der Waals surface area contributed by atoms with E-state index in [1.165, 1.54) is 0 Å². The number of nitrogens with one attached hydrogen (secondary N) is 2. The van der Waals surface area contributed by atoms with Gasteiger partial charge in [-0.15, -0.1) is 0 Å². The maximum Gasteiger partial charge on any atom is 0.129 e. The number of anilines is 1. The standard InChI is InChI=1S/C21H26ClFN6/c1-24-9-14(10-26-16-3-2-7-25-11-16)20-17(22)12-27-18-4-5-19(28-21(18)20)29-8-6-15(23)13-29/h4-5,9-10,12,15-16,24-25H,2-3,6-8,11,13H2,1H3/b14-9+,26-10-. The van der Waals surface area contributed by atoms with Crippen LogP contribution in [0.1, 0.15) is 24.8 Å². The maximum atomic E-state index is 13.7. The number of rotatable bonds is 5. The highest BCUT2D eigenvalue weighted by molar-refractivity contribution is 6.35. The molecule has 4 rings (SSSR count). The lowest BCUT2D eigenvalue weighted by molar-refractivity contribution is 0.364. The predicted octanol–water partition coefficient (Wildman–Crippen LogP) is 3.21. The summed E-state index contributed by atoms with van der Waals surface area (Å²) >= 11 is 6.57. The molecule has 154 valence electrons. The summed E-state index contributed by atoms with van der Waals surface area (Å²) in [5.41, 5.74) is 3.09. The van der Waals surface area contributed by atoms with E-state index in [-0.39, 0.29) is 6.04 Å². The predicted molar refractivity (Wildman–Crippen MR) is 118 cm³/mol. The monoisotopic (exact) mass is 416 g/mol. The van der Waals surface area contributed by atoms with Crippen molar-refractivity contribution in [1.29, 1.82) is 0 Å². The number of halogens is 2. The first-order valence-electron chi connectivity index (χ1n) is 10.1. The van der Waals surface area contributed by atoms with Crippen LogP contribution in [0.2, 0.25) is 5.02 Å². The zero-order valence-corrected chi connectivity index (χ0v) is 17.3. The Morgan fingerprint density at radius 3 is 3.03 bits per heavy atom. The second kappa shape index (κ2) is 9.05. The third kappa shape index (κ3) is 4.51. The molecule has 2 saturated heterocycles. The van der Waals surface area contributed by atoms with Gasteiger partial charge in [-0.1, -0.05) is 11.6 Å². The fourth-order valence-electron chi connectivity index (χ4n) is 3.89. The Labute approximate surface area is 175 Å². The summed E-state index contributed by atoms with van der Waals surface area (Å²) in [6.45, 7) is 2.97. The number of piperidine rings is 1. The molecule has 2 aliphatic heterocycles. The van der Waals surface area contributed by atoms with Gasteiger partial charge in [-0.2, -0.15) is 0 Å². The van der Waals surface area contributed by atoms with Gasteiger partial charge in [0.05, 0.1) is 23.1 Å². The molecule has 2 fully saturated rings. The van der Waals surface area contributed by atoms with Gasteiger partial charge in [0.2, 0.25) is 0 Å². The molecule has 6 nitrogen and oxygen atoms in total. The van der Waals surface area contributed by atoms with Crippen molar-refractivity contribution in [2.75, 3.05) is 38.1 Å². The first kappa shape index (κ1) is 20.0. The Morgan fingerprint density at radius 2 is 2.31 bits per heavy atom. The molecule has 0 radical (unpaired) electrons. The molecule has 2 aromatic rings. The van der Waals surface area contributed by atoms with E-state index in [2.05, 4.69) is 15.6 Å². The Morgan fingerprint density at radius 1 is 1.41 bits per heavy atom. The van der Waals surface area contributed by atoms with Crippen LogP contribution in [0.3, 0.4) is 0 Å². The summed E-state index contributed by atoms with van der Waals surface area (Å²) in [7, 11) is 1.85. The molecule has 0 aromatic carbocycles. The summed E-state index contributed by atoms with van der Waals surface area (Å²) in [5.74, 6) is 0.750. The molecule has 2 aliphatic rings. The molecule has 2 aromatic heterocycles. The number of nitrogens with zero attached hydrogens (tertiary/aromatic N) is 4. The van der Waals surface area contributed by atoms with Crippen molar-refractivity contribution in [2.45, 2.75) is 31.5 Å². The SMILES string of the molecule is CN/C=C(\C=N/C1CCCNC1)c1c(Cl)cnc2ccc(N3CCC(F)C3)nc12. The van der Waals surface area contributed by atoms with E-state index in [0.29, 0.717) is 30.0 Å². The van der Waals surface area contributed by atoms with Gasteiger partial charge in [0.25, 0.3) is 0 Å². The molecule has 0 aliphatic carbocycles. The number of aliphatic imine (C=N–C) groups is 1. The van der Waals surface area contributed by atoms with Crippen molar-refractivity contribution in [2.24, 2.45) is 4.99 Å². The number of alkyl halides is 1. The summed E-state index contributed by atoms with van der Waals surface area (Å²) in [6, 6.07) is 4.07. The highest BCUT2D eigenvalue weighted by atomic mass is 35.5. The van der Waals surface area contributed by atoms with Crippen molar-refractivity contribution in [3.05, 3.63) is 35.1 Å². The van der Waals surface area contributed by atoms with Gasteiger partial charge in [0.15, 0.2) is 0 Å². The zero-order valence-electron chi connectivity index (χ0n) is 16.5. The van der Waals surface area contributed by atoms with Crippen LogP contribution in [0.5, 0.6) is 0 Å². The van der Waals surface area contributed by atoms with Gasteiger partial charge in [-0.25, -0.2) is 9.37 Å². The quantitative estimate of drug-likeness (QED) is 0.733. The van der Waals surface area contributed by atoms with Crippen LogP contribution in [0, 0.1) is 0 Å². The molecule has 4 heterocycles. The maximum absolute atomic E-state index is 13.7. The van der Waals surface area contributed by atoms with Gasteiger partial charge < -0.3 is 15.5 Å². The Kier molecular flexibility index (Phi) is 6.25. The molecule has 8 heteroatoms. The van der Waals surface area contributed by atoms with Gasteiger partial charge in [-0.05, 0) is 37.9 Å². The fraction of sp³-hybridized carbons (Fsp3) is 0.476. The number of pyridine rings is 2. The van der Waals surface area contributed by atoms with Crippen molar-refractivity contribution in [3.8, 4) is 0 Å². The first-order chi connectivity index (χ1) is 14.2. The van der Waals surface area contributed by atoms with Crippen LogP contribution in [0.25, 0.3) is 16.6 Å². The van der Waals surface area contributed by atoms with Gasteiger partial charge in [0.1, 0.15) is 17.5 Å². The molecule has 2 atom stereocenters. The van der Waals surface area contributed by atoms with Crippen LogP contribution >= 0.6 is 11.6 Å². The molecule has 0 bridgehead atoms. The first-order valence-corrected chi connectivity index (χ1v) is 10.5. The van der Waals surface area contributed by atoms with Crippen LogP contribution in [0.4, 0.5) is 10.2 Å². The average molecular weight is 417 g/mol. The van der Waals surface area contributed by atoms with Gasteiger partial charge in [-0.3, -0.25) is 9.98 Å². The lowest BCUT2D eigenvalue weighted by Crippen LogP contribution is -2.32. The third-order valence-corrected chi connectivity index (χ3v) is 5.68. The smallest absolute Gasteiger partial charge is 0.129 e. The fourth-order valence-corrected chi connectivity index (χ4v) is 4.13. The lowest BCUT2D eigenvalue weighted by atomic mass is 10.1. The van der Waals surface area contributed by atoms with E-state index in [1.54, 1.807) is 6.20 Å². The Bertz CT molecular complexity index is 925. The normalized spacial score (nSPS) is 23.3. The topological polar surface area (TPSA) is 65.4 Å². The number of aromatic nitrogens is 2.